The van der Waals surface area contributed by atoms with Crippen molar-refractivity contribution < 1.29 is 4.74 Å². The maximum absolute atomic E-state index is 8.81. The van der Waals surface area contributed by atoms with E-state index in [9.17, 15) is 0 Å². The van der Waals surface area contributed by atoms with Gasteiger partial charge >= 0.3 is 0 Å². The van der Waals surface area contributed by atoms with Crippen LogP contribution < -0.4 is 15.0 Å². The molecule has 0 saturated carbocycles. The van der Waals surface area contributed by atoms with E-state index in [2.05, 4.69) is 35.3 Å². The lowest BCUT2D eigenvalue weighted by Crippen LogP contribution is -2.55. The summed E-state index contributed by atoms with van der Waals surface area (Å²) in [6, 6.07) is 11.1. The van der Waals surface area contributed by atoms with Crippen molar-refractivity contribution in [3.05, 3.63) is 24.3 Å². The second-order valence-corrected chi connectivity index (χ2v) is 4.90. The fourth-order valence-corrected chi connectivity index (χ4v) is 2.44. The number of nitrogens with one attached hydrogen (secondary N) is 1. The molecule has 0 radical (unpaired) electrons. The van der Waals surface area contributed by atoms with Crippen molar-refractivity contribution in [2.24, 2.45) is 0 Å². The molecule has 2 unspecified atom stereocenters. The smallest absolute Gasteiger partial charge is 0.119 e. The Hall–Kier alpha value is -1.73. The Bertz CT molecular complexity index is 438. The van der Waals surface area contributed by atoms with Gasteiger partial charge in [-0.25, -0.2) is 0 Å². The van der Waals surface area contributed by atoms with Crippen LogP contribution in [0.25, 0.3) is 0 Å². The van der Waals surface area contributed by atoms with Crippen molar-refractivity contribution in [1.82, 2.24) is 5.32 Å². The average Bonchev–Trinajstić information content (AvgIpc) is 2.43. The van der Waals surface area contributed by atoms with Crippen LogP contribution in [0.3, 0.4) is 0 Å². The molecule has 2 rings (SSSR count). The van der Waals surface area contributed by atoms with Gasteiger partial charge in [0.2, 0.25) is 0 Å². The monoisotopic (exact) mass is 259 g/mol. The van der Waals surface area contributed by atoms with Crippen LogP contribution in [0.5, 0.6) is 5.75 Å². The van der Waals surface area contributed by atoms with Gasteiger partial charge in [-0.2, -0.15) is 5.26 Å². The summed E-state index contributed by atoms with van der Waals surface area (Å²) >= 11 is 0. The Labute approximate surface area is 115 Å². The van der Waals surface area contributed by atoms with Crippen LogP contribution in [0, 0.1) is 11.3 Å². The van der Waals surface area contributed by atoms with Crippen LogP contribution >= 0.6 is 0 Å². The highest BCUT2D eigenvalue weighted by Crippen LogP contribution is 2.23. The van der Waals surface area contributed by atoms with Gasteiger partial charge < -0.3 is 15.0 Å². The first-order chi connectivity index (χ1) is 9.24. The van der Waals surface area contributed by atoms with Gasteiger partial charge in [0.1, 0.15) is 5.75 Å². The van der Waals surface area contributed by atoms with Gasteiger partial charge in [-0.3, -0.25) is 0 Å². The van der Waals surface area contributed by atoms with Crippen LogP contribution in [0.1, 0.15) is 20.3 Å². The Balaban J connectivity index is 2.08. The molecule has 19 heavy (non-hydrogen) atoms. The van der Waals surface area contributed by atoms with E-state index < -0.39 is 0 Å². The highest BCUT2D eigenvalue weighted by atomic mass is 16.5. The topological polar surface area (TPSA) is 48.3 Å². The Morgan fingerprint density at radius 2 is 2.16 bits per heavy atom. The molecule has 0 bridgehead atoms. The quantitative estimate of drug-likeness (QED) is 0.900. The third-order valence-corrected chi connectivity index (χ3v) is 3.47. The minimum atomic E-state index is 0.257. The number of nitrogens with zero attached hydrogens (tertiary/aromatic N) is 2. The number of ether oxygens (including phenoxy) is 1. The molecule has 0 aromatic heterocycles. The van der Waals surface area contributed by atoms with Crippen molar-refractivity contribution in [2.75, 3.05) is 24.6 Å². The standard InChI is InChI=1S/C15H21N3O/c1-3-19-15-6-4-14(5-7-15)18-11-13(8-9-16)17-10-12(18)2/h4-7,12-13,17H,3,8,10-11H2,1-2H3. The highest BCUT2D eigenvalue weighted by Gasteiger charge is 2.24. The number of hydrogen-bond acceptors (Lipinski definition) is 4. The van der Waals surface area contributed by atoms with E-state index in [1.807, 2.05) is 19.1 Å². The first-order valence-corrected chi connectivity index (χ1v) is 6.84. The average molecular weight is 259 g/mol. The molecule has 4 nitrogen and oxygen atoms in total. The van der Waals surface area contributed by atoms with Crippen LogP contribution in [0.4, 0.5) is 5.69 Å². The van der Waals surface area contributed by atoms with Gasteiger partial charge in [0.25, 0.3) is 0 Å². The van der Waals surface area contributed by atoms with E-state index in [1.165, 1.54) is 5.69 Å². The van der Waals surface area contributed by atoms with Crippen molar-refractivity contribution >= 4 is 5.69 Å². The number of hydrogen-bond donors (Lipinski definition) is 1. The second-order valence-electron chi connectivity index (χ2n) is 4.90. The molecule has 1 aromatic rings. The maximum Gasteiger partial charge on any atom is 0.119 e. The zero-order valence-corrected chi connectivity index (χ0v) is 11.6. The molecule has 1 heterocycles. The normalized spacial score (nSPS) is 22.9. The van der Waals surface area contributed by atoms with Crippen LogP contribution in [-0.2, 0) is 0 Å². The third-order valence-electron chi connectivity index (χ3n) is 3.47. The summed E-state index contributed by atoms with van der Waals surface area (Å²) in [4.78, 5) is 2.36. The zero-order chi connectivity index (χ0) is 13.7. The Kier molecular flexibility index (Phi) is 4.64. The summed E-state index contributed by atoms with van der Waals surface area (Å²) in [6.45, 7) is 6.67. The van der Waals surface area contributed by atoms with Crippen molar-refractivity contribution in [2.45, 2.75) is 32.4 Å². The summed E-state index contributed by atoms with van der Waals surface area (Å²) in [7, 11) is 0. The SMILES string of the molecule is CCOc1ccc(N2CC(CC#N)NCC2C)cc1. The van der Waals surface area contributed by atoms with E-state index in [1.54, 1.807) is 0 Å². The number of nitriles is 1. The summed E-state index contributed by atoms with van der Waals surface area (Å²) in [5.41, 5.74) is 1.19. The number of anilines is 1. The molecule has 0 amide bonds. The lowest BCUT2D eigenvalue weighted by atomic mass is 10.1. The summed E-state index contributed by atoms with van der Waals surface area (Å²) < 4.78 is 5.46. The van der Waals surface area contributed by atoms with Crippen molar-refractivity contribution in [3.8, 4) is 11.8 Å². The molecule has 1 aliphatic rings. The van der Waals surface area contributed by atoms with Gasteiger partial charge in [-0.05, 0) is 38.1 Å². The molecular weight excluding hydrogens is 238 g/mol. The Morgan fingerprint density at radius 3 is 2.79 bits per heavy atom. The summed E-state index contributed by atoms with van der Waals surface area (Å²) in [5, 5.41) is 12.2. The van der Waals surface area contributed by atoms with Crippen LogP contribution in [0.2, 0.25) is 0 Å². The van der Waals surface area contributed by atoms with E-state index in [0.717, 1.165) is 18.8 Å². The number of piperazine rings is 1. The molecule has 4 heteroatoms. The van der Waals surface area contributed by atoms with Gasteiger partial charge in [0.05, 0.1) is 19.1 Å². The first kappa shape index (κ1) is 13.7. The molecule has 102 valence electrons. The fraction of sp³-hybridized carbons (Fsp3) is 0.533. The summed E-state index contributed by atoms with van der Waals surface area (Å²) in [6.07, 6.45) is 0.556. The summed E-state index contributed by atoms with van der Waals surface area (Å²) in [5.74, 6) is 0.905. The molecule has 0 spiro atoms. The number of benzene rings is 1. The zero-order valence-electron chi connectivity index (χ0n) is 11.6. The molecule has 0 aliphatic carbocycles. The lowest BCUT2D eigenvalue weighted by Gasteiger charge is -2.39. The van der Waals surface area contributed by atoms with Gasteiger partial charge in [0, 0.05) is 30.9 Å². The first-order valence-electron chi connectivity index (χ1n) is 6.84. The maximum atomic E-state index is 8.81. The highest BCUT2D eigenvalue weighted by molar-refractivity contribution is 5.50. The van der Waals surface area contributed by atoms with Gasteiger partial charge in [-0.15, -0.1) is 0 Å². The predicted octanol–water partition coefficient (Wildman–Crippen LogP) is 2.17. The lowest BCUT2D eigenvalue weighted by molar-refractivity contribution is 0.340. The third kappa shape index (κ3) is 3.39. The molecule has 1 aromatic carbocycles. The fourth-order valence-electron chi connectivity index (χ4n) is 2.44. The van der Waals surface area contributed by atoms with E-state index in [0.29, 0.717) is 19.1 Å². The van der Waals surface area contributed by atoms with Crippen molar-refractivity contribution in [3.63, 3.8) is 0 Å². The predicted molar refractivity (Wildman–Crippen MR) is 76.4 cm³/mol. The Morgan fingerprint density at radius 1 is 1.42 bits per heavy atom. The molecule has 1 fully saturated rings. The number of rotatable bonds is 4. The van der Waals surface area contributed by atoms with E-state index >= 15 is 0 Å². The minimum absolute atomic E-state index is 0.257. The molecule has 1 N–H and O–H groups in total. The van der Waals surface area contributed by atoms with E-state index in [-0.39, 0.29) is 6.04 Å². The largest absolute Gasteiger partial charge is 0.494 e. The molecule has 2 atom stereocenters. The van der Waals surface area contributed by atoms with Gasteiger partial charge in [-0.1, -0.05) is 0 Å². The van der Waals surface area contributed by atoms with Crippen molar-refractivity contribution in [1.29, 1.82) is 5.26 Å². The van der Waals surface area contributed by atoms with Gasteiger partial charge in [0.15, 0.2) is 0 Å². The van der Waals surface area contributed by atoms with Crippen LogP contribution in [0.15, 0.2) is 24.3 Å². The van der Waals surface area contributed by atoms with E-state index in [4.69, 9.17) is 10.00 Å². The molecule has 1 aliphatic heterocycles. The minimum Gasteiger partial charge on any atom is -0.494 e. The molecule has 1 saturated heterocycles. The van der Waals surface area contributed by atoms with Crippen LogP contribution in [-0.4, -0.2) is 31.8 Å². The second kappa shape index (κ2) is 6.44. The molecular formula is C15H21N3O.